The zero-order chi connectivity index (χ0) is 9.10. The summed E-state index contributed by atoms with van der Waals surface area (Å²) < 4.78 is 5.21. The number of hydrogen-bond acceptors (Lipinski definition) is 1. The monoisotopic (exact) mass is 172 g/mol. The van der Waals surface area contributed by atoms with Gasteiger partial charge in [0.25, 0.3) is 0 Å². The lowest BCUT2D eigenvalue weighted by Crippen LogP contribution is -1.97. The number of allylic oxidation sites excluding steroid dienone is 3. The van der Waals surface area contributed by atoms with E-state index < -0.39 is 0 Å². The van der Waals surface area contributed by atoms with Gasteiger partial charge in [-0.2, -0.15) is 0 Å². The Balaban J connectivity index is 2.27. The number of ether oxygens (including phenoxy) is 1. The maximum Gasteiger partial charge on any atom is 0.0970 e. The van der Waals surface area contributed by atoms with E-state index in [0.29, 0.717) is 5.92 Å². The van der Waals surface area contributed by atoms with Gasteiger partial charge < -0.3 is 4.74 Å². The summed E-state index contributed by atoms with van der Waals surface area (Å²) in [6.07, 6.45) is 5.94. The minimum absolute atomic E-state index is 0.370. The van der Waals surface area contributed by atoms with Crippen molar-refractivity contribution in [1.29, 1.82) is 0 Å². The second-order valence-corrected chi connectivity index (χ2v) is 3.16. The van der Waals surface area contributed by atoms with Gasteiger partial charge in [0.2, 0.25) is 0 Å². The van der Waals surface area contributed by atoms with Crippen LogP contribution in [0.2, 0.25) is 0 Å². The van der Waals surface area contributed by atoms with Gasteiger partial charge in [-0.1, -0.05) is 30.3 Å². The van der Waals surface area contributed by atoms with Crippen molar-refractivity contribution >= 4 is 0 Å². The van der Waals surface area contributed by atoms with Gasteiger partial charge in [-0.25, -0.2) is 0 Å². The topological polar surface area (TPSA) is 9.23 Å². The van der Waals surface area contributed by atoms with Crippen LogP contribution in [0.1, 0.15) is 18.4 Å². The van der Waals surface area contributed by atoms with Crippen LogP contribution in [-0.2, 0) is 4.74 Å². The molecule has 0 saturated heterocycles. The highest BCUT2D eigenvalue weighted by Gasteiger charge is 2.08. The minimum atomic E-state index is 0.370. The summed E-state index contributed by atoms with van der Waals surface area (Å²) >= 11 is 0. The zero-order valence-corrected chi connectivity index (χ0v) is 7.60. The van der Waals surface area contributed by atoms with E-state index in [1.54, 1.807) is 6.26 Å². The lowest BCUT2D eigenvalue weighted by Gasteiger charge is -2.14. The first-order valence-electron chi connectivity index (χ1n) is 4.43. The Morgan fingerprint density at radius 1 is 1.15 bits per heavy atom. The van der Waals surface area contributed by atoms with Crippen LogP contribution < -0.4 is 0 Å². The van der Waals surface area contributed by atoms with Crippen molar-refractivity contribution in [3.63, 3.8) is 0 Å². The molecule has 0 spiro atoms. The van der Waals surface area contributed by atoms with Gasteiger partial charge >= 0.3 is 0 Å². The van der Waals surface area contributed by atoms with Gasteiger partial charge in [-0.15, -0.1) is 0 Å². The molecule has 1 nitrogen and oxygen atoms in total. The average Bonchev–Trinajstić information content (AvgIpc) is 2.19. The van der Waals surface area contributed by atoms with Gasteiger partial charge in [0.05, 0.1) is 12.0 Å². The fourth-order valence-electron chi connectivity index (χ4n) is 1.46. The first kappa shape index (κ1) is 8.11. The van der Waals surface area contributed by atoms with Crippen LogP contribution in [0.15, 0.2) is 54.5 Å². The molecule has 1 aliphatic heterocycles. The molecule has 66 valence electrons. The van der Waals surface area contributed by atoms with Crippen molar-refractivity contribution in [3.05, 3.63) is 60.1 Å². The van der Waals surface area contributed by atoms with Crippen LogP contribution >= 0.6 is 0 Å². The van der Waals surface area contributed by atoms with Crippen LogP contribution in [0.3, 0.4) is 0 Å². The maximum atomic E-state index is 5.21. The molecule has 1 heteroatoms. The predicted octanol–water partition coefficient (Wildman–Crippen LogP) is 3.22. The van der Waals surface area contributed by atoms with Gasteiger partial charge in [0, 0.05) is 5.92 Å². The Hall–Kier alpha value is -1.50. The van der Waals surface area contributed by atoms with E-state index in [0.717, 1.165) is 5.76 Å². The molecule has 13 heavy (non-hydrogen) atoms. The Bertz CT molecular complexity index is 335. The number of benzene rings is 1. The molecular weight excluding hydrogens is 160 g/mol. The second-order valence-electron chi connectivity index (χ2n) is 3.16. The van der Waals surface area contributed by atoms with Crippen LogP contribution in [0.4, 0.5) is 0 Å². The van der Waals surface area contributed by atoms with Crippen molar-refractivity contribution in [2.75, 3.05) is 0 Å². The average molecular weight is 172 g/mol. The molecule has 2 rings (SSSR count). The molecule has 1 heterocycles. The summed E-state index contributed by atoms with van der Waals surface area (Å²) in [5, 5.41) is 0. The molecule has 0 radical (unpaired) electrons. The third kappa shape index (κ3) is 1.81. The van der Waals surface area contributed by atoms with E-state index in [9.17, 15) is 0 Å². The molecule has 1 aromatic carbocycles. The van der Waals surface area contributed by atoms with E-state index in [2.05, 4.69) is 36.4 Å². The Kier molecular flexibility index (Phi) is 2.17. The third-order valence-corrected chi connectivity index (χ3v) is 2.14. The van der Waals surface area contributed by atoms with Crippen LogP contribution in [0.5, 0.6) is 0 Å². The van der Waals surface area contributed by atoms with E-state index in [4.69, 9.17) is 4.74 Å². The number of hydrogen-bond donors (Lipinski definition) is 0. The smallest absolute Gasteiger partial charge is 0.0970 e. The quantitative estimate of drug-likeness (QED) is 0.632. The summed E-state index contributed by atoms with van der Waals surface area (Å²) in [6.45, 7) is 1.97. The van der Waals surface area contributed by atoms with Crippen molar-refractivity contribution < 1.29 is 4.74 Å². The van der Waals surface area contributed by atoms with E-state index in [1.165, 1.54) is 5.56 Å². The molecule has 0 bridgehead atoms. The molecule has 0 saturated carbocycles. The fourth-order valence-corrected chi connectivity index (χ4v) is 1.46. The first-order chi connectivity index (χ1) is 6.36. The Morgan fingerprint density at radius 3 is 2.62 bits per heavy atom. The van der Waals surface area contributed by atoms with E-state index >= 15 is 0 Å². The summed E-state index contributed by atoms with van der Waals surface area (Å²) in [4.78, 5) is 0. The summed E-state index contributed by atoms with van der Waals surface area (Å²) in [7, 11) is 0. The summed E-state index contributed by atoms with van der Waals surface area (Å²) in [5.41, 5.74) is 1.31. The molecule has 1 aliphatic rings. The molecule has 0 aromatic heterocycles. The van der Waals surface area contributed by atoms with E-state index in [1.807, 2.05) is 13.0 Å². The minimum Gasteiger partial charge on any atom is -0.470 e. The van der Waals surface area contributed by atoms with Gasteiger partial charge in [-0.05, 0) is 24.6 Å². The van der Waals surface area contributed by atoms with Crippen molar-refractivity contribution in [2.24, 2.45) is 0 Å². The van der Waals surface area contributed by atoms with Crippen molar-refractivity contribution in [1.82, 2.24) is 0 Å². The van der Waals surface area contributed by atoms with Crippen LogP contribution in [0.25, 0.3) is 0 Å². The SMILES string of the molecule is CC1=CC(c2ccccc2)C=CO1. The fraction of sp³-hybridized carbons (Fsp3) is 0.167. The lowest BCUT2D eigenvalue weighted by molar-refractivity contribution is 0.341. The highest BCUT2D eigenvalue weighted by Crippen LogP contribution is 2.23. The normalized spacial score (nSPS) is 20.7. The van der Waals surface area contributed by atoms with Crippen molar-refractivity contribution in [3.8, 4) is 0 Å². The molecule has 1 aromatic rings. The number of rotatable bonds is 1. The standard InChI is InChI=1S/C12H12O/c1-10-9-12(7-8-13-10)11-5-3-2-4-6-11/h2-9,12H,1H3. The maximum absolute atomic E-state index is 5.21. The van der Waals surface area contributed by atoms with Gasteiger partial charge in [-0.3, -0.25) is 0 Å². The highest BCUT2D eigenvalue weighted by molar-refractivity contribution is 5.30. The molecule has 1 atom stereocenters. The van der Waals surface area contributed by atoms with E-state index in [-0.39, 0.29) is 0 Å². The summed E-state index contributed by atoms with van der Waals surface area (Å²) in [6, 6.07) is 10.4. The molecule has 0 fully saturated rings. The molecular formula is C12H12O. The van der Waals surface area contributed by atoms with Crippen LogP contribution in [0, 0.1) is 0 Å². The lowest BCUT2D eigenvalue weighted by atomic mass is 9.98. The predicted molar refractivity (Wildman–Crippen MR) is 53.2 cm³/mol. The molecule has 0 N–H and O–H groups in total. The molecule has 0 aliphatic carbocycles. The third-order valence-electron chi connectivity index (χ3n) is 2.14. The Morgan fingerprint density at radius 2 is 1.92 bits per heavy atom. The highest BCUT2D eigenvalue weighted by atomic mass is 16.5. The molecule has 0 amide bonds. The Labute approximate surface area is 78.3 Å². The second kappa shape index (κ2) is 3.48. The van der Waals surface area contributed by atoms with Crippen molar-refractivity contribution in [2.45, 2.75) is 12.8 Å². The first-order valence-corrected chi connectivity index (χ1v) is 4.43. The van der Waals surface area contributed by atoms with Gasteiger partial charge in [0.1, 0.15) is 0 Å². The summed E-state index contributed by atoms with van der Waals surface area (Å²) in [5.74, 6) is 1.34. The van der Waals surface area contributed by atoms with Crippen LogP contribution in [-0.4, -0.2) is 0 Å². The largest absolute Gasteiger partial charge is 0.470 e. The molecule has 1 unspecified atom stereocenters. The zero-order valence-electron chi connectivity index (χ0n) is 7.60. The van der Waals surface area contributed by atoms with Gasteiger partial charge in [0.15, 0.2) is 0 Å².